The number of aryl methyl sites for hydroxylation is 1. The summed E-state index contributed by atoms with van der Waals surface area (Å²) in [7, 11) is 0. The maximum absolute atomic E-state index is 14.0. The fourth-order valence-electron chi connectivity index (χ4n) is 2.35. The van der Waals surface area contributed by atoms with Crippen molar-refractivity contribution in [3.63, 3.8) is 0 Å². The summed E-state index contributed by atoms with van der Waals surface area (Å²) in [5.41, 5.74) is 3.12. The molecule has 2 aromatic rings. The predicted octanol–water partition coefficient (Wildman–Crippen LogP) is 3.97. The lowest BCUT2D eigenvalue weighted by molar-refractivity contribution is 0.286. The van der Waals surface area contributed by atoms with Crippen LogP contribution in [0.3, 0.4) is 0 Å². The normalized spacial score (nSPS) is 14.2. The Kier molecular flexibility index (Phi) is 4.20. The Hall–Kier alpha value is -1.87. The van der Waals surface area contributed by atoms with E-state index in [4.69, 9.17) is 4.74 Å². The fourth-order valence-corrected chi connectivity index (χ4v) is 2.35. The Balaban J connectivity index is 1.70. The minimum atomic E-state index is -0.294. The van der Waals surface area contributed by atoms with Gasteiger partial charge in [-0.05, 0) is 31.4 Å². The van der Waals surface area contributed by atoms with Gasteiger partial charge in [-0.1, -0.05) is 42.0 Å². The molecule has 0 aliphatic heterocycles. The van der Waals surface area contributed by atoms with E-state index < -0.39 is 0 Å². The zero-order valence-corrected chi connectivity index (χ0v) is 12.2. The molecular weight excluding hydrogens is 265 g/mol. The van der Waals surface area contributed by atoms with Crippen molar-refractivity contribution in [3.8, 4) is 5.75 Å². The van der Waals surface area contributed by atoms with E-state index in [1.54, 1.807) is 6.07 Å². The molecule has 0 atom stereocenters. The van der Waals surface area contributed by atoms with E-state index in [9.17, 15) is 4.39 Å². The van der Waals surface area contributed by atoms with Gasteiger partial charge in [0.15, 0.2) is 11.6 Å². The smallest absolute Gasteiger partial charge is 0.165 e. The largest absolute Gasteiger partial charge is 0.485 e. The van der Waals surface area contributed by atoms with Crippen LogP contribution in [0.15, 0.2) is 42.5 Å². The van der Waals surface area contributed by atoms with Gasteiger partial charge in [0.25, 0.3) is 0 Å². The highest BCUT2D eigenvalue weighted by Crippen LogP contribution is 2.26. The van der Waals surface area contributed by atoms with Crippen LogP contribution in [-0.2, 0) is 13.2 Å². The molecule has 3 heteroatoms. The van der Waals surface area contributed by atoms with Crippen LogP contribution >= 0.6 is 0 Å². The van der Waals surface area contributed by atoms with Gasteiger partial charge in [0.05, 0.1) is 0 Å². The Bertz CT molecular complexity index is 622. The average molecular weight is 285 g/mol. The standard InChI is InChI=1S/C18H20FNO/c1-13-4-2-5-14(10-13)12-21-18-15(6-3-7-17(18)19)11-20-16-8-9-16/h2-7,10,16,20H,8-9,11-12H2,1H3. The van der Waals surface area contributed by atoms with Crippen molar-refractivity contribution < 1.29 is 9.13 Å². The number of hydrogen-bond acceptors (Lipinski definition) is 2. The van der Waals surface area contributed by atoms with E-state index in [1.807, 2.05) is 31.2 Å². The lowest BCUT2D eigenvalue weighted by Crippen LogP contribution is -2.16. The van der Waals surface area contributed by atoms with Gasteiger partial charge >= 0.3 is 0 Å². The van der Waals surface area contributed by atoms with Gasteiger partial charge in [-0.15, -0.1) is 0 Å². The Labute approximate surface area is 125 Å². The van der Waals surface area contributed by atoms with Gasteiger partial charge in [-0.3, -0.25) is 0 Å². The minimum absolute atomic E-state index is 0.294. The first-order valence-electron chi connectivity index (χ1n) is 7.41. The second-order valence-electron chi connectivity index (χ2n) is 5.66. The van der Waals surface area contributed by atoms with Crippen LogP contribution in [0.4, 0.5) is 4.39 Å². The number of rotatable bonds is 6. The number of ether oxygens (including phenoxy) is 1. The van der Waals surface area contributed by atoms with Crippen molar-refractivity contribution in [1.82, 2.24) is 5.32 Å². The van der Waals surface area contributed by atoms with Crippen molar-refractivity contribution in [2.75, 3.05) is 0 Å². The summed E-state index contributed by atoms with van der Waals surface area (Å²) >= 11 is 0. The molecule has 0 unspecified atom stereocenters. The maximum Gasteiger partial charge on any atom is 0.165 e. The molecule has 0 radical (unpaired) electrons. The third kappa shape index (κ3) is 3.82. The van der Waals surface area contributed by atoms with Crippen LogP contribution in [0.1, 0.15) is 29.5 Å². The summed E-state index contributed by atoms with van der Waals surface area (Å²) in [5.74, 6) is 0.0740. The highest BCUT2D eigenvalue weighted by molar-refractivity contribution is 5.35. The van der Waals surface area contributed by atoms with Gasteiger partial charge < -0.3 is 10.1 Å². The van der Waals surface area contributed by atoms with Crippen LogP contribution in [0.2, 0.25) is 0 Å². The molecule has 0 aromatic heterocycles. The lowest BCUT2D eigenvalue weighted by atomic mass is 10.1. The third-order valence-corrected chi connectivity index (χ3v) is 3.67. The summed E-state index contributed by atoms with van der Waals surface area (Å²) in [6.07, 6.45) is 2.43. The molecule has 0 spiro atoms. The summed E-state index contributed by atoms with van der Waals surface area (Å²) in [6.45, 7) is 3.09. The molecule has 0 bridgehead atoms. The maximum atomic E-state index is 14.0. The topological polar surface area (TPSA) is 21.3 Å². The molecule has 1 aliphatic carbocycles. The number of halogens is 1. The Morgan fingerprint density at radius 3 is 2.76 bits per heavy atom. The van der Waals surface area contributed by atoms with E-state index >= 15 is 0 Å². The molecular formula is C18H20FNO. The Morgan fingerprint density at radius 1 is 1.19 bits per heavy atom. The second-order valence-corrected chi connectivity index (χ2v) is 5.66. The highest BCUT2D eigenvalue weighted by atomic mass is 19.1. The van der Waals surface area contributed by atoms with Gasteiger partial charge in [-0.25, -0.2) is 4.39 Å². The summed E-state index contributed by atoms with van der Waals surface area (Å²) in [4.78, 5) is 0. The summed E-state index contributed by atoms with van der Waals surface area (Å²) in [6, 6.07) is 13.8. The van der Waals surface area contributed by atoms with Crippen LogP contribution in [0.5, 0.6) is 5.75 Å². The molecule has 1 saturated carbocycles. The molecule has 1 aliphatic rings. The molecule has 1 N–H and O–H groups in total. The highest BCUT2D eigenvalue weighted by Gasteiger charge is 2.21. The van der Waals surface area contributed by atoms with E-state index in [-0.39, 0.29) is 5.82 Å². The zero-order valence-electron chi connectivity index (χ0n) is 12.2. The molecule has 0 heterocycles. The van der Waals surface area contributed by atoms with Crippen molar-refractivity contribution in [2.45, 2.75) is 39.0 Å². The van der Waals surface area contributed by atoms with Crippen molar-refractivity contribution in [1.29, 1.82) is 0 Å². The zero-order chi connectivity index (χ0) is 14.7. The van der Waals surface area contributed by atoms with Crippen LogP contribution in [0.25, 0.3) is 0 Å². The number of para-hydroxylation sites is 1. The molecule has 0 amide bonds. The van der Waals surface area contributed by atoms with E-state index in [0.717, 1.165) is 11.1 Å². The second kappa shape index (κ2) is 6.27. The number of benzene rings is 2. The minimum Gasteiger partial charge on any atom is -0.485 e. The number of hydrogen-bond donors (Lipinski definition) is 1. The van der Waals surface area contributed by atoms with Crippen LogP contribution in [0, 0.1) is 12.7 Å². The molecule has 1 fully saturated rings. The predicted molar refractivity (Wildman–Crippen MR) is 81.8 cm³/mol. The summed E-state index contributed by atoms with van der Waals surface area (Å²) < 4.78 is 19.8. The molecule has 0 saturated heterocycles. The van der Waals surface area contributed by atoms with E-state index in [0.29, 0.717) is 24.9 Å². The van der Waals surface area contributed by atoms with Crippen LogP contribution < -0.4 is 10.1 Å². The molecule has 2 aromatic carbocycles. The van der Waals surface area contributed by atoms with Crippen molar-refractivity contribution in [3.05, 3.63) is 65.0 Å². The van der Waals surface area contributed by atoms with Gasteiger partial charge in [0, 0.05) is 18.2 Å². The van der Waals surface area contributed by atoms with Gasteiger partial charge in [0.1, 0.15) is 6.61 Å². The molecule has 21 heavy (non-hydrogen) atoms. The molecule has 2 nitrogen and oxygen atoms in total. The van der Waals surface area contributed by atoms with Gasteiger partial charge in [-0.2, -0.15) is 0 Å². The quantitative estimate of drug-likeness (QED) is 0.867. The lowest BCUT2D eigenvalue weighted by Gasteiger charge is -2.13. The van der Waals surface area contributed by atoms with E-state index in [2.05, 4.69) is 11.4 Å². The van der Waals surface area contributed by atoms with Crippen molar-refractivity contribution in [2.24, 2.45) is 0 Å². The Morgan fingerprint density at radius 2 is 2.00 bits per heavy atom. The monoisotopic (exact) mass is 285 g/mol. The average Bonchev–Trinajstić information content (AvgIpc) is 3.28. The van der Waals surface area contributed by atoms with E-state index in [1.165, 1.54) is 24.5 Å². The first-order chi connectivity index (χ1) is 10.2. The first kappa shape index (κ1) is 14.1. The number of nitrogens with one attached hydrogen (secondary N) is 1. The van der Waals surface area contributed by atoms with Crippen LogP contribution in [-0.4, -0.2) is 6.04 Å². The molecule has 110 valence electrons. The third-order valence-electron chi connectivity index (χ3n) is 3.67. The SMILES string of the molecule is Cc1cccc(COc2c(F)cccc2CNC2CC2)c1. The van der Waals surface area contributed by atoms with Gasteiger partial charge in [0.2, 0.25) is 0 Å². The fraction of sp³-hybridized carbons (Fsp3) is 0.333. The summed E-state index contributed by atoms with van der Waals surface area (Å²) in [5, 5.41) is 3.40. The molecule has 3 rings (SSSR count). The van der Waals surface area contributed by atoms with Crippen molar-refractivity contribution >= 4 is 0 Å². The first-order valence-corrected chi connectivity index (χ1v) is 7.41.